The van der Waals surface area contributed by atoms with Crippen LogP contribution in [0, 0.1) is 0 Å². The molecule has 0 aromatic carbocycles. The Hall–Kier alpha value is -0.870. The van der Waals surface area contributed by atoms with E-state index >= 15 is 0 Å². The number of likely N-dealkylation sites (N-methyl/N-ethyl adjacent to an activating group) is 1. The summed E-state index contributed by atoms with van der Waals surface area (Å²) < 4.78 is 2.31. The van der Waals surface area contributed by atoms with Crippen LogP contribution in [-0.2, 0) is 6.54 Å². The number of aromatic nitrogens is 2. The Morgan fingerprint density at radius 3 is 3.11 bits per heavy atom. The van der Waals surface area contributed by atoms with E-state index in [1.54, 1.807) is 0 Å². The fourth-order valence-corrected chi connectivity index (χ4v) is 2.54. The number of hydrogen-bond donors (Lipinski definition) is 1. The highest BCUT2D eigenvalue weighted by atomic mass is 15.2. The van der Waals surface area contributed by atoms with Crippen LogP contribution >= 0.6 is 0 Å². The molecule has 1 fully saturated rings. The standard InChI is InChI=1S/C14H26N4/c1-4-12(2)17(3)8-9-18-11-15-10-14(18)13-6-5-7-16-13/h10-13,16H,4-9H2,1-3H3/t12?,13-/m0/s1. The second-order valence-electron chi connectivity index (χ2n) is 5.40. The van der Waals surface area contributed by atoms with Gasteiger partial charge in [-0.25, -0.2) is 4.98 Å². The first-order chi connectivity index (χ1) is 8.72. The SMILES string of the molecule is CCC(C)N(C)CCn1cncc1[C@@H]1CCCN1. The molecule has 4 nitrogen and oxygen atoms in total. The monoisotopic (exact) mass is 250 g/mol. The van der Waals surface area contributed by atoms with Gasteiger partial charge in [-0.3, -0.25) is 0 Å². The topological polar surface area (TPSA) is 33.1 Å². The highest BCUT2D eigenvalue weighted by molar-refractivity contribution is 5.07. The molecule has 0 bridgehead atoms. The van der Waals surface area contributed by atoms with Crippen LogP contribution in [-0.4, -0.2) is 40.6 Å². The summed E-state index contributed by atoms with van der Waals surface area (Å²) in [6.45, 7) is 7.79. The average molecular weight is 250 g/mol. The molecule has 2 heterocycles. The Bertz CT molecular complexity index is 354. The van der Waals surface area contributed by atoms with E-state index < -0.39 is 0 Å². The van der Waals surface area contributed by atoms with E-state index in [0.717, 1.165) is 19.6 Å². The van der Waals surface area contributed by atoms with Crippen molar-refractivity contribution in [1.29, 1.82) is 0 Å². The van der Waals surface area contributed by atoms with Gasteiger partial charge in [-0.15, -0.1) is 0 Å². The molecule has 1 aliphatic rings. The van der Waals surface area contributed by atoms with Crippen molar-refractivity contribution in [3.8, 4) is 0 Å². The predicted molar refractivity (Wildman–Crippen MR) is 74.6 cm³/mol. The number of nitrogens with one attached hydrogen (secondary N) is 1. The lowest BCUT2D eigenvalue weighted by atomic mass is 10.2. The van der Waals surface area contributed by atoms with Gasteiger partial charge < -0.3 is 14.8 Å². The minimum atomic E-state index is 0.515. The summed E-state index contributed by atoms with van der Waals surface area (Å²) in [5.74, 6) is 0. The molecule has 1 aliphatic heterocycles. The van der Waals surface area contributed by atoms with Crippen LogP contribution < -0.4 is 5.32 Å². The van der Waals surface area contributed by atoms with E-state index in [9.17, 15) is 0 Å². The quantitative estimate of drug-likeness (QED) is 0.838. The van der Waals surface area contributed by atoms with Gasteiger partial charge in [0.1, 0.15) is 0 Å². The molecule has 1 saturated heterocycles. The number of nitrogens with zero attached hydrogens (tertiary/aromatic N) is 3. The summed E-state index contributed by atoms with van der Waals surface area (Å²) in [7, 11) is 2.21. The van der Waals surface area contributed by atoms with Crippen molar-refractivity contribution in [2.75, 3.05) is 20.1 Å². The first-order valence-electron chi connectivity index (χ1n) is 7.16. The van der Waals surface area contributed by atoms with Crippen LogP contribution in [0.25, 0.3) is 0 Å². The Labute approximate surface area is 110 Å². The normalized spacial score (nSPS) is 21.7. The minimum absolute atomic E-state index is 0.515. The Morgan fingerprint density at radius 2 is 2.44 bits per heavy atom. The third kappa shape index (κ3) is 3.12. The van der Waals surface area contributed by atoms with Crippen molar-refractivity contribution in [2.24, 2.45) is 0 Å². The van der Waals surface area contributed by atoms with Gasteiger partial charge >= 0.3 is 0 Å². The molecule has 1 unspecified atom stereocenters. The van der Waals surface area contributed by atoms with E-state index in [-0.39, 0.29) is 0 Å². The lowest BCUT2D eigenvalue weighted by molar-refractivity contribution is 0.241. The largest absolute Gasteiger partial charge is 0.332 e. The second kappa shape index (κ2) is 6.34. The smallest absolute Gasteiger partial charge is 0.0949 e. The molecule has 0 saturated carbocycles. The average Bonchev–Trinajstić information content (AvgIpc) is 3.04. The lowest BCUT2D eigenvalue weighted by Crippen LogP contribution is -2.32. The molecule has 1 aromatic rings. The summed E-state index contributed by atoms with van der Waals surface area (Å²) in [5, 5.41) is 3.55. The van der Waals surface area contributed by atoms with Crippen molar-refractivity contribution in [2.45, 2.75) is 51.7 Å². The highest BCUT2D eigenvalue weighted by Crippen LogP contribution is 2.22. The Balaban J connectivity index is 1.91. The molecule has 1 N–H and O–H groups in total. The van der Waals surface area contributed by atoms with Gasteiger partial charge in [0.2, 0.25) is 0 Å². The van der Waals surface area contributed by atoms with Crippen molar-refractivity contribution >= 4 is 0 Å². The molecule has 0 aliphatic carbocycles. The zero-order valence-electron chi connectivity index (χ0n) is 11.9. The van der Waals surface area contributed by atoms with Gasteiger partial charge in [0, 0.05) is 31.4 Å². The first kappa shape index (κ1) is 13.6. The minimum Gasteiger partial charge on any atom is -0.332 e. The van der Waals surface area contributed by atoms with Crippen LogP contribution in [0.5, 0.6) is 0 Å². The summed E-state index contributed by atoms with van der Waals surface area (Å²) in [5.41, 5.74) is 1.35. The summed E-state index contributed by atoms with van der Waals surface area (Å²) >= 11 is 0. The van der Waals surface area contributed by atoms with Crippen LogP contribution in [0.3, 0.4) is 0 Å². The zero-order chi connectivity index (χ0) is 13.0. The predicted octanol–water partition coefficient (Wildman–Crippen LogP) is 2.04. The number of imidazole rings is 1. The zero-order valence-corrected chi connectivity index (χ0v) is 11.9. The van der Waals surface area contributed by atoms with Gasteiger partial charge in [0.05, 0.1) is 12.0 Å². The molecule has 102 valence electrons. The van der Waals surface area contributed by atoms with Crippen LogP contribution in [0.2, 0.25) is 0 Å². The third-order valence-electron chi connectivity index (χ3n) is 4.20. The van der Waals surface area contributed by atoms with Crippen LogP contribution in [0.4, 0.5) is 0 Å². The van der Waals surface area contributed by atoms with Gasteiger partial charge in [-0.2, -0.15) is 0 Å². The maximum absolute atomic E-state index is 4.31. The number of rotatable bonds is 6. The molecule has 1 aromatic heterocycles. The van der Waals surface area contributed by atoms with E-state index in [4.69, 9.17) is 0 Å². The van der Waals surface area contributed by atoms with E-state index in [0.29, 0.717) is 12.1 Å². The highest BCUT2D eigenvalue weighted by Gasteiger charge is 2.19. The maximum Gasteiger partial charge on any atom is 0.0949 e. The van der Waals surface area contributed by atoms with Crippen molar-refractivity contribution in [3.05, 3.63) is 18.2 Å². The first-order valence-corrected chi connectivity index (χ1v) is 7.16. The summed E-state index contributed by atoms with van der Waals surface area (Å²) in [4.78, 5) is 6.74. The molecule has 0 amide bonds. The summed E-state index contributed by atoms with van der Waals surface area (Å²) in [6, 6.07) is 1.17. The second-order valence-corrected chi connectivity index (χ2v) is 5.40. The fourth-order valence-electron chi connectivity index (χ4n) is 2.54. The van der Waals surface area contributed by atoms with Crippen molar-refractivity contribution in [3.63, 3.8) is 0 Å². The maximum atomic E-state index is 4.31. The lowest BCUT2D eigenvalue weighted by Gasteiger charge is -2.24. The molecule has 2 rings (SSSR count). The molecular formula is C14H26N4. The van der Waals surface area contributed by atoms with Gasteiger partial charge in [0.15, 0.2) is 0 Å². The van der Waals surface area contributed by atoms with Crippen molar-refractivity contribution < 1.29 is 0 Å². The Morgan fingerprint density at radius 1 is 1.61 bits per heavy atom. The number of hydrogen-bond acceptors (Lipinski definition) is 3. The van der Waals surface area contributed by atoms with E-state index in [1.165, 1.54) is 25.0 Å². The fraction of sp³-hybridized carbons (Fsp3) is 0.786. The van der Waals surface area contributed by atoms with Gasteiger partial charge in [0.25, 0.3) is 0 Å². The van der Waals surface area contributed by atoms with E-state index in [1.807, 2.05) is 12.5 Å². The molecule has 18 heavy (non-hydrogen) atoms. The summed E-state index contributed by atoms with van der Waals surface area (Å²) in [6.07, 6.45) is 7.72. The molecule has 0 radical (unpaired) electrons. The molecular weight excluding hydrogens is 224 g/mol. The third-order valence-corrected chi connectivity index (χ3v) is 4.20. The Kier molecular flexibility index (Phi) is 4.78. The van der Waals surface area contributed by atoms with Crippen molar-refractivity contribution in [1.82, 2.24) is 19.8 Å². The van der Waals surface area contributed by atoms with Gasteiger partial charge in [-0.1, -0.05) is 6.92 Å². The van der Waals surface area contributed by atoms with Crippen LogP contribution in [0.1, 0.15) is 44.8 Å². The molecule has 0 spiro atoms. The molecule has 4 heteroatoms. The van der Waals surface area contributed by atoms with Crippen LogP contribution in [0.15, 0.2) is 12.5 Å². The molecule has 2 atom stereocenters. The van der Waals surface area contributed by atoms with E-state index in [2.05, 4.69) is 40.7 Å². The van der Waals surface area contributed by atoms with Gasteiger partial charge in [-0.05, 0) is 39.8 Å².